The molecule has 1 N–H and O–H groups in total. The second kappa shape index (κ2) is 3.81. The van der Waals surface area contributed by atoms with Crippen LogP contribution in [0.4, 0.5) is 0 Å². The Morgan fingerprint density at radius 3 is 2.71 bits per heavy atom. The predicted octanol–water partition coefficient (Wildman–Crippen LogP) is 2.88. The number of carbonyl (C=O) groups is 1. The highest BCUT2D eigenvalue weighted by Crippen LogP contribution is 2.51. The Morgan fingerprint density at radius 2 is 2.12 bits per heavy atom. The second-order valence-electron chi connectivity index (χ2n) is 6.37. The van der Waals surface area contributed by atoms with E-state index in [0.717, 1.165) is 24.8 Å². The zero-order chi connectivity index (χ0) is 12.8. The molecule has 1 fully saturated rings. The first-order valence-corrected chi connectivity index (χ1v) is 6.39. The standard InChI is InChI=1S/C15H22O2/c1-10-5-6-13(16)15(4)8-7-11(9-12(10)15)14(2,3)17/h5-6,11-12,17H,1,7-9H2,2-4H3/t11-,12-,15-/m1/s1. The summed E-state index contributed by atoms with van der Waals surface area (Å²) in [5, 5.41) is 10.1. The molecule has 0 aromatic carbocycles. The quantitative estimate of drug-likeness (QED) is 0.757. The summed E-state index contributed by atoms with van der Waals surface area (Å²) in [6, 6.07) is 0. The Hall–Kier alpha value is -0.890. The van der Waals surface area contributed by atoms with Gasteiger partial charge in [-0.3, -0.25) is 4.79 Å². The van der Waals surface area contributed by atoms with E-state index in [0.29, 0.717) is 0 Å². The molecule has 17 heavy (non-hydrogen) atoms. The lowest BCUT2D eigenvalue weighted by molar-refractivity contribution is -0.130. The summed E-state index contributed by atoms with van der Waals surface area (Å²) in [5.74, 6) is 0.686. The molecule has 0 amide bonds. The molecule has 2 aliphatic rings. The third-order valence-corrected chi connectivity index (χ3v) is 4.76. The number of hydrogen-bond donors (Lipinski definition) is 1. The molecule has 2 rings (SSSR count). The normalized spacial score (nSPS) is 38.1. The van der Waals surface area contributed by atoms with Crippen LogP contribution in [-0.2, 0) is 4.79 Å². The van der Waals surface area contributed by atoms with Gasteiger partial charge in [0.15, 0.2) is 5.78 Å². The van der Waals surface area contributed by atoms with Gasteiger partial charge in [-0.2, -0.15) is 0 Å². The second-order valence-corrected chi connectivity index (χ2v) is 6.37. The maximum atomic E-state index is 12.1. The van der Waals surface area contributed by atoms with E-state index in [1.807, 2.05) is 19.9 Å². The van der Waals surface area contributed by atoms with E-state index in [1.54, 1.807) is 6.08 Å². The number of carbonyl (C=O) groups excluding carboxylic acids is 1. The van der Waals surface area contributed by atoms with Crippen LogP contribution in [0.1, 0.15) is 40.0 Å². The van der Waals surface area contributed by atoms with Crippen LogP contribution >= 0.6 is 0 Å². The van der Waals surface area contributed by atoms with Crippen LogP contribution in [0.25, 0.3) is 0 Å². The van der Waals surface area contributed by atoms with Crippen molar-refractivity contribution in [3.63, 3.8) is 0 Å². The zero-order valence-electron chi connectivity index (χ0n) is 11.0. The first-order valence-electron chi connectivity index (χ1n) is 6.39. The molecule has 0 aromatic rings. The van der Waals surface area contributed by atoms with Crippen LogP contribution < -0.4 is 0 Å². The smallest absolute Gasteiger partial charge is 0.162 e. The predicted molar refractivity (Wildman–Crippen MR) is 68.5 cm³/mol. The molecular formula is C15H22O2. The van der Waals surface area contributed by atoms with Crippen LogP contribution in [-0.4, -0.2) is 16.5 Å². The van der Waals surface area contributed by atoms with Crippen molar-refractivity contribution in [3.05, 3.63) is 24.3 Å². The number of hydrogen-bond acceptors (Lipinski definition) is 2. The van der Waals surface area contributed by atoms with Crippen molar-refractivity contribution in [2.75, 3.05) is 0 Å². The minimum Gasteiger partial charge on any atom is -0.390 e. The van der Waals surface area contributed by atoms with Crippen LogP contribution in [0, 0.1) is 17.3 Å². The number of ketones is 1. The maximum absolute atomic E-state index is 12.1. The molecule has 3 atom stereocenters. The number of allylic oxidation sites excluding steroid dienone is 3. The summed E-state index contributed by atoms with van der Waals surface area (Å²) in [6.07, 6.45) is 6.16. The highest BCUT2D eigenvalue weighted by molar-refractivity contribution is 5.97. The molecule has 0 unspecified atom stereocenters. The summed E-state index contributed by atoms with van der Waals surface area (Å²) >= 11 is 0. The summed E-state index contributed by atoms with van der Waals surface area (Å²) < 4.78 is 0. The van der Waals surface area contributed by atoms with E-state index in [-0.39, 0.29) is 23.0 Å². The first kappa shape index (κ1) is 12.6. The van der Waals surface area contributed by atoms with Crippen molar-refractivity contribution in [2.45, 2.75) is 45.6 Å². The van der Waals surface area contributed by atoms with Gasteiger partial charge in [-0.05, 0) is 51.0 Å². The van der Waals surface area contributed by atoms with Gasteiger partial charge in [0, 0.05) is 5.41 Å². The fourth-order valence-electron chi connectivity index (χ4n) is 3.30. The number of rotatable bonds is 1. The molecule has 0 bridgehead atoms. The average molecular weight is 234 g/mol. The fourth-order valence-corrected chi connectivity index (χ4v) is 3.30. The molecule has 1 saturated carbocycles. The molecule has 2 nitrogen and oxygen atoms in total. The highest BCUT2D eigenvalue weighted by Gasteiger charge is 2.48. The van der Waals surface area contributed by atoms with E-state index in [2.05, 4.69) is 13.5 Å². The van der Waals surface area contributed by atoms with Crippen LogP contribution in [0.3, 0.4) is 0 Å². The highest BCUT2D eigenvalue weighted by atomic mass is 16.3. The Labute approximate surface area is 103 Å². The number of aliphatic hydroxyl groups is 1. The van der Waals surface area contributed by atoms with E-state index in [9.17, 15) is 9.90 Å². The Bertz CT molecular complexity index is 386. The topological polar surface area (TPSA) is 37.3 Å². The van der Waals surface area contributed by atoms with Gasteiger partial charge in [-0.15, -0.1) is 0 Å². The molecule has 94 valence electrons. The molecule has 0 aliphatic heterocycles. The van der Waals surface area contributed by atoms with Gasteiger partial charge in [0.2, 0.25) is 0 Å². The molecule has 2 aliphatic carbocycles. The summed E-state index contributed by atoms with van der Waals surface area (Å²) in [5.41, 5.74) is 0.0976. The largest absolute Gasteiger partial charge is 0.390 e. The van der Waals surface area contributed by atoms with Crippen molar-refractivity contribution >= 4 is 5.78 Å². The Kier molecular flexibility index (Phi) is 2.81. The minimum absolute atomic E-state index is 0.199. The first-order chi connectivity index (χ1) is 7.75. The van der Waals surface area contributed by atoms with E-state index < -0.39 is 5.60 Å². The van der Waals surface area contributed by atoms with Gasteiger partial charge in [0.1, 0.15) is 0 Å². The zero-order valence-corrected chi connectivity index (χ0v) is 11.0. The van der Waals surface area contributed by atoms with E-state index in [4.69, 9.17) is 0 Å². The van der Waals surface area contributed by atoms with Crippen LogP contribution in [0.15, 0.2) is 24.3 Å². The molecule has 0 aromatic heterocycles. The minimum atomic E-state index is -0.661. The molecule has 0 radical (unpaired) electrons. The Morgan fingerprint density at radius 1 is 1.47 bits per heavy atom. The van der Waals surface area contributed by atoms with Gasteiger partial charge in [0.25, 0.3) is 0 Å². The maximum Gasteiger partial charge on any atom is 0.162 e. The van der Waals surface area contributed by atoms with Gasteiger partial charge >= 0.3 is 0 Å². The van der Waals surface area contributed by atoms with Gasteiger partial charge < -0.3 is 5.11 Å². The van der Waals surface area contributed by atoms with Gasteiger partial charge in [-0.1, -0.05) is 25.2 Å². The third-order valence-electron chi connectivity index (χ3n) is 4.76. The molecule has 0 heterocycles. The third kappa shape index (κ3) is 1.99. The molecular weight excluding hydrogens is 212 g/mol. The lowest BCUT2D eigenvalue weighted by atomic mass is 9.56. The van der Waals surface area contributed by atoms with Crippen molar-refractivity contribution in [1.82, 2.24) is 0 Å². The monoisotopic (exact) mass is 234 g/mol. The van der Waals surface area contributed by atoms with Crippen LogP contribution in [0.2, 0.25) is 0 Å². The molecule has 0 saturated heterocycles. The summed E-state index contributed by atoms with van der Waals surface area (Å²) in [7, 11) is 0. The van der Waals surface area contributed by atoms with Gasteiger partial charge in [-0.25, -0.2) is 0 Å². The van der Waals surface area contributed by atoms with Crippen molar-refractivity contribution < 1.29 is 9.90 Å². The van der Waals surface area contributed by atoms with Crippen molar-refractivity contribution in [1.29, 1.82) is 0 Å². The van der Waals surface area contributed by atoms with E-state index in [1.165, 1.54) is 0 Å². The average Bonchev–Trinajstić information content (AvgIpc) is 2.22. The van der Waals surface area contributed by atoms with Crippen molar-refractivity contribution in [2.24, 2.45) is 17.3 Å². The fraction of sp³-hybridized carbons (Fsp3) is 0.667. The lowest BCUT2D eigenvalue weighted by Gasteiger charge is -2.47. The summed E-state index contributed by atoms with van der Waals surface area (Å²) in [6.45, 7) is 9.85. The number of fused-ring (bicyclic) bond motifs is 1. The van der Waals surface area contributed by atoms with E-state index >= 15 is 0 Å². The lowest BCUT2D eigenvalue weighted by Crippen LogP contribution is -2.46. The molecule has 0 spiro atoms. The van der Waals surface area contributed by atoms with Gasteiger partial charge in [0.05, 0.1) is 5.60 Å². The Balaban J connectivity index is 2.29. The van der Waals surface area contributed by atoms with Crippen molar-refractivity contribution in [3.8, 4) is 0 Å². The van der Waals surface area contributed by atoms with Crippen LogP contribution in [0.5, 0.6) is 0 Å². The SMILES string of the molecule is C=C1C=CC(=O)[C@]2(C)CC[C@@H](C(C)(C)O)C[C@H]12. The molecule has 2 heteroatoms. The summed E-state index contributed by atoms with van der Waals surface area (Å²) in [4.78, 5) is 12.1.